The molecular weight excluding hydrogens is 246 g/mol. The van der Waals surface area contributed by atoms with Crippen molar-refractivity contribution in [1.82, 2.24) is 5.06 Å². The van der Waals surface area contributed by atoms with E-state index < -0.39 is 9.84 Å². The van der Waals surface area contributed by atoms with Crippen LogP contribution in [0.1, 0.15) is 20.3 Å². The topological polar surface area (TPSA) is 72.9 Å². The number of nitrogens with zero attached hydrogens (tertiary/aromatic N) is 1. The Bertz CT molecular complexity index is 352. The van der Waals surface area contributed by atoms with E-state index in [-0.39, 0.29) is 43.1 Å². The normalized spacial score (nSPS) is 20.3. The molecule has 1 aliphatic heterocycles. The van der Waals surface area contributed by atoms with Gasteiger partial charge >= 0.3 is 0 Å². The number of sulfone groups is 1. The molecule has 17 heavy (non-hydrogen) atoms. The fraction of sp³-hybridized carbons (Fsp3) is 0.900. The van der Waals surface area contributed by atoms with Crippen LogP contribution in [0.15, 0.2) is 0 Å². The molecule has 1 heterocycles. The second-order valence-electron chi connectivity index (χ2n) is 4.15. The molecule has 7 heteroatoms. The van der Waals surface area contributed by atoms with Gasteiger partial charge in [0.05, 0.1) is 43.8 Å². The van der Waals surface area contributed by atoms with Gasteiger partial charge in [-0.15, -0.1) is 0 Å². The van der Waals surface area contributed by atoms with Gasteiger partial charge in [-0.25, -0.2) is 13.5 Å². The summed E-state index contributed by atoms with van der Waals surface area (Å²) in [6, 6.07) is 0. The average Bonchev–Trinajstić information content (AvgIpc) is 2.38. The van der Waals surface area contributed by atoms with Gasteiger partial charge in [0.25, 0.3) is 0 Å². The van der Waals surface area contributed by atoms with Gasteiger partial charge in [-0.2, -0.15) is 0 Å². The van der Waals surface area contributed by atoms with Crippen LogP contribution in [0.2, 0.25) is 0 Å². The summed E-state index contributed by atoms with van der Waals surface area (Å²) < 4.78 is 27.9. The van der Waals surface area contributed by atoms with Gasteiger partial charge in [0.15, 0.2) is 9.84 Å². The Balaban J connectivity index is 2.37. The standard InChI is InChI=1S/C10H19NO5S/c1-9(2)15-5-3-10(12)11-4-7-17(13,14)8-6-16-11/h9H,3-8H2,1-2H3. The van der Waals surface area contributed by atoms with Crippen molar-refractivity contribution in [3.05, 3.63) is 0 Å². The molecule has 1 amide bonds. The van der Waals surface area contributed by atoms with Crippen molar-refractivity contribution in [3.8, 4) is 0 Å². The first-order chi connectivity index (χ1) is 7.91. The molecule has 6 nitrogen and oxygen atoms in total. The minimum atomic E-state index is -3.07. The molecule has 0 unspecified atom stereocenters. The highest BCUT2D eigenvalue weighted by atomic mass is 32.2. The lowest BCUT2D eigenvalue weighted by atomic mass is 10.4. The van der Waals surface area contributed by atoms with Crippen molar-refractivity contribution in [2.75, 3.05) is 31.3 Å². The first-order valence-electron chi connectivity index (χ1n) is 5.66. The fourth-order valence-electron chi connectivity index (χ4n) is 1.37. The summed E-state index contributed by atoms with van der Waals surface area (Å²) >= 11 is 0. The number of carbonyl (C=O) groups excluding carboxylic acids is 1. The average molecular weight is 265 g/mol. The van der Waals surface area contributed by atoms with Gasteiger partial charge in [0, 0.05) is 0 Å². The summed E-state index contributed by atoms with van der Waals surface area (Å²) in [6.07, 6.45) is 0.284. The van der Waals surface area contributed by atoms with E-state index in [2.05, 4.69) is 0 Å². The quantitative estimate of drug-likeness (QED) is 0.715. The third-order valence-corrected chi connectivity index (χ3v) is 3.89. The number of amides is 1. The van der Waals surface area contributed by atoms with Gasteiger partial charge < -0.3 is 4.74 Å². The van der Waals surface area contributed by atoms with E-state index in [9.17, 15) is 13.2 Å². The molecular formula is C10H19NO5S. The third-order valence-electron chi connectivity index (χ3n) is 2.29. The Morgan fingerprint density at radius 3 is 2.76 bits per heavy atom. The minimum Gasteiger partial charge on any atom is -0.378 e. The number of carbonyl (C=O) groups is 1. The van der Waals surface area contributed by atoms with Gasteiger partial charge in [-0.3, -0.25) is 9.63 Å². The van der Waals surface area contributed by atoms with Crippen LogP contribution in [-0.4, -0.2) is 56.8 Å². The largest absolute Gasteiger partial charge is 0.378 e. The molecule has 1 fully saturated rings. The Hall–Kier alpha value is -0.660. The van der Waals surface area contributed by atoms with E-state index in [1.807, 2.05) is 13.8 Å². The number of hydrogen-bond acceptors (Lipinski definition) is 5. The van der Waals surface area contributed by atoms with Crippen LogP contribution < -0.4 is 0 Å². The lowest BCUT2D eigenvalue weighted by molar-refractivity contribution is -0.183. The van der Waals surface area contributed by atoms with Gasteiger partial charge in [0.2, 0.25) is 5.91 Å². The molecule has 0 aromatic carbocycles. The zero-order chi connectivity index (χ0) is 12.9. The van der Waals surface area contributed by atoms with Gasteiger partial charge in [-0.05, 0) is 13.8 Å². The van der Waals surface area contributed by atoms with Crippen molar-refractivity contribution in [2.24, 2.45) is 0 Å². The predicted molar refractivity (Wildman–Crippen MR) is 62.0 cm³/mol. The molecule has 0 bridgehead atoms. The van der Waals surface area contributed by atoms with E-state index >= 15 is 0 Å². The van der Waals surface area contributed by atoms with Crippen molar-refractivity contribution >= 4 is 15.7 Å². The maximum absolute atomic E-state index is 11.7. The van der Waals surface area contributed by atoms with Crippen LogP contribution in [0.5, 0.6) is 0 Å². The van der Waals surface area contributed by atoms with Crippen molar-refractivity contribution in [2.45, 2.75) is 26.4 Å². The number of ether oxygens (including phenoxy) is 1. The van der Waals surface area contributed by atoms with E-state index in [0.717, 1.165) is 5.06 Å². The van der Waals surface area contributed by atoms with Crippen LogP contribution >= 0.6 is 0 Å². The summed E-state index contributed by atoms with van der Waals surface area (Å²) in [5.74, 6) is -0.300. The first kappa shape index (κ1) is 14.4. The minimum absolute atomic E-state index is 0.0285. The maximum atomic E-state index is 11.7. The Kier molecular flexibility index (Phi) is 5.35. The zero-order valence-electron chi connectivity index (χ0n) is 10.2. The molecule has 100 valence electrons. The summed E-state index contributed by atoms with van der Waals surface area (Å²) in [5.41, 5.74) is 0. The highest BCUT2D eigenvalue weighted by Gasteiger charge is 2.23. The lowest BCUT2D eigenvalue weighted by Gasteiger charge is -2.18. The predicted octanol–water partition coefficient (Wildman–Crippen LogP) is -0.00990. The van der Waals surface area contributed by atoms with Crippen LogP contribution in [0.3, 0.4) is 0 Å². The number of rotatable bonds is 4. The SMILES string of the molecule is CC(C)OCCC(=O)N1CCS(=O)(=O)CCO1. The van der Waals surface area contributed by atoms with Gasteiger partial charge in [-0.1, -0.05) is 0 Å². The molecule has 0 atom stereocenters. The highest BCUT2D eigenvalue weighted by Crippen LogP contribution is 2.05. The third kappa shape index (κ3) is 5.47. The lowest BCUT2D eigenvalue weighted by Crippen LogP contribution is -2.33. The maximum Gasteiger partial charge on any atom is 0.248 e. The molecule has 0 spiro atoms. The smallest absolute Gasteiger partial charge is 0.248 e. The molecule has 0 aromatic heterocycles. The molecule has 0 aromatic rings. The Morgan fingerprint density at radius 2 is 2.12 bits per heavy atom. The number of hydrogen-bond donors (Lipinski definition) is 0. The van der Waals surface area contributed by atoms with Crippen molar-refractivity contribution < 1.29 is 22.8 Å². The zero-order valence-corrected chi connectivity index (χ0v) is 11.0. The second kappa shape index (κ2) is 6.32. The van der Waals surface area contributed by atoms with Crippen LogP contribution in [0.4, 0.5) is 0 Å². The summed E-state index contributed by atoms with van der Waals surface area (Å²) in [6.45, 7) is 4.24. The number of hydroxylamine groups is 2. The monoisotopic (exact) mass is 265 g/mol. The Morgan fingerprint density at radius 1 is 1.41 bits per heavy atom. The van der Waals surface area contributed by atoms with E-state index in [1.165, 1.54) is 0 Å². The molecule has 1 saturated heterocycles. The van der Waals surface area contributed by atoms with Gasteiger partial charge in [0.1, 0.15) is 0 Å². The molecule has 0 saturated carbocycles. The summed E-state index contributed by atoms with van der Waals surface area (Å²) in [4.78, 5) is 16.8. The van der Waals surface area contributed by atoms with Crippen LogP contribution in [0, 0.1) is 0 Å². The molecule has 0 radical (unpaired) electrons. The Labute approximate surface area is 102 Å². The fourth-order valence-corrected chi connectivity index (χ4v) is 2.34. The van der Waals surface area contributed by atoms with Crippen LogP contribution in [0.25, 0.3) is 0 Å². The van der Waals surface area contributed by atoms with Crippen molar-refractivity contribution in [3.63, 3.8) is 0 Å². The molecule has 0 N–H and O–H groups in total. The van der Waals surface area contributed by atoms with Crippen LogP contribution in [-0.2, 0) is 24.2 Å². The molecule has 1 rings (SSSR count). The summed E-state index contributed by atoms with van der Waals surface area (Å²) in [7, 11) is -3.07. The highest BCUT2D eigenvalue weighted by molar-refractivity contribution is 7.91. The molecule has 0 aliphatic carbocycles. The van der Waals surface area contributed by atoms with E-state index in [4.69, 9.17) is 9.57 Å². The van der Waals surface area contributed by atoms with E-state index in [0.29, 0.717) is 6.61 Å². The molecule has 1 aliphatic rings. The second-order valence-corrected chi connectivity index (χ2v) is 6.45. The van der Waals surface area contributed by atoms with E-state index in [1.54, 1.807) is 0 Å². The van der Waals surface area contributed by atoms with Crippen molar-refractivity contribution in [1.29, 1.82) is 0 Å². The summed E-state index contributed by atoms with van der Waals surface area (Å²) in [5, 5.41) is 1.13. The first-order valence-corrected chi connectivity index (χ1v) is 7.48.